The normalized spacial score (nSPS) is 22.5. The number of nitrogens with zero attached hydrogens (tertiary/aromatic N) is 4. The van der Waals surface area contributed by atoms with E-state index in [0.717, 1.165) is 11.3 Å². The Morgan fingerprint density at radius 2 is 1.96 bits per heavy atom. The van der Waals surface area contributed by atoms with Crippen LogP contribution in [0.25, 0.3) is 0 Å². The topological polar surface area (TPSA) is 110 Å². The van der Waals surface area contributed by atoms with Gasteiger partial charge in [0.25, 0.3) is 0 Å². The van der Waals surface area contributed by atoms with E-state index in [-0.39, 0.29) is 36.8 Å². The molecule has 0 aliphatic carbocycles. The van der Waals surface area contributed by atoms with Gasteiger partial charge in [-0.05, 0) is 25.3 Å². The highest BCUT2D eigenvalue weighted by Crippen LogP contribution is 2.19. The van der Waals surface area contributed by atoms with Crippen LogP contribution in [-0.4, -0.2) is 71.1 Å². The zero-order valence-electron chi connectivity index (χ0n) is 14.4. The number of aromatic nitrogens is 2. The Hall–Kier alpha value is -2.07. The zero-order valence-corrected chi connectivity index (χ0v) is 15.2. The molecule has 2 amide bonds. The minimum absolute atomic E-state index is 0.0911. The van der Waals surface area contributed by atoms with Crippen LogP contribution in [0.1, 0.15) is 32.1 Å². The minimum atomic E-state index is -3.58. The molecule has 0 bridgehead atoms. The number of amides is 2. The summed E-state index contributed by atoms with van der Waals surface area (Å²) in [5, 5.41) is 7.59. The second-order valence-electron chi connectivity index (χ2n) is 6.41. The molecule has 0 saturated carbocycles. The van der Waals surface area contributed by atoms with Crippen molar-refractivity contribution in [2.75, 3.05) is 25.4 Å². The fourth-order valence-electron chi connectivity index (χ4n) is 3.16. The Morgan fingerprint density at radius 3 is 2.65 bits per heavy atom. The maximum atomic E-state index is 12.6. The quantitative estimate of drug-likeness (QED) is 0.646. The molecule has 1 aromatic heterocycles. The Bertz CT molecular complexity index is 739. The van der Waals surface area contributed by atoms with Gasteiger partial charge in [-0.3, -0.25) is 14.5 Å². The molecule has 1 atom stereocenters. The Morgan fingerprint density at radius 1 is 1.19 bits per heavy atom. The molecule has 142 valence electrons. The maximum Gasteiger partial charge on any atom is 0.233 e. The van der Waals surface area contributed by atoms with Crippen LogP contribution in [0.15, 0.2) is 18.3 Å². The average Bonchev–Trinajstić information content (AvgIpc) is 2.62. The Labute approximate surface area is 152 Å². The molecule has 0 N–H and O–H groups in total. The number of hydrogen-bond acceptors (Lipinski definition) is 7. The van der Waals surface area contributed by atoms with Gasteiger partial charge in [-0.2, -0.15) is 9.40 Å². The summed E-state index contributed by atoms with van der Waals surface area (Å²) in [6, 6.07) is 3.38. The van der Waals surface area contributed by atoms with Crippen LogP contribution >= 0.6 is 0 Å². The first kappa shape index (κ1) is 18.7. The highest BCUT2D eigenvalue weighted by atomic mass is 32.2. The van der Waals surface area contributed by atoms with E-state index < -0.39 is 10.0 Å². The number of carbonyl (C=O) groups excluding carboxylic acids is 2. The number of imide groups is 1. The third-order valence-electron chi connectivity index (χ3n) is 4.53. The van der Waals surface area contributed by atoms with Gasteiger partial charge in [0.15, 0.2) is 0 Å². The molecule has 1 aromatic rings. The Kier molecular flexibility index (Phi) is 5.82. The van der Waals surface area contributed by atoms with Gasteiger partial charge in [0, 0.05) is 38.2 Å². The fourth-order valence-corrected chi connectivity index (χ4v) is 4.63. The van der Waals surface area contributed by atoms with Crippen LogP contribution in [0.5, 0.6) is 5.88 Å². The van der Waals surface area contributed by atoms with E-state index in [0.29, 0.717) is 38.1 Å². The molecule has 2 aliphatic rings. The molecule has 3 heterocycles. The number of ether oxygens (including phenoxy) is 1. The van der Waals surface area contributed by atoms with Gasteiger partial charge in [0.1, 0.15) is 6.10 Å². The molecule has 0 spiro atoms. The number of piperidine rings is 2. The largest absolute Gasteiger partial charge is 0.472 e. The lowest BCUT2D eigenvalue weighted by molar-refractivity contribution is -0.147. The third-order valence-corrected chi connectivity index (χ3v) is 6.34. The van der Waals surface area contributed by atoms with Crippen molar-refractivity contribution in [3.05, 3.63) is 18.3 Å². The van der Waals surface area contributed by atoms with E-state index >= 15 is 0 Å². The van der Waals surface area contributed by atoms with E-state index in [9.17, 15) is 18.0 Å². The average molecular weight is 382 g/mol. The van der Waals surface area contributed by atoms with Crippen molar-refractivity contribution in [1.82, 2.24) is 19.4 Å². The van der Waals surface area contributed by atoms with Crippen LogP contribution in [0.3, 0.4) is 0 Å². The molecule has 1 unspecified atom stereocenters. The number of hydrogen-bond donors (Lipinski definition) is 0. The van der Waals surface area contributed by atoms with Crippen LogP contribution in [0.2, 0.25) is 0 Å². The molecular weight excluding hydrogens is 360 g/mol. The van der Waals surface area contributed by atoms with Gasteiger partial charge in [0.05, 0.1) is 12.3 Å². The summed E-state index contributed by atoms with van der Waals surface area (Å²) >= 11 is 0. The highest BCUT2D eigenvalue weighted by molar-refractivity contribution is 7.89. The molecule has 0 aromatic carbocycles. The van der Waals surface area contributed by atoms with Gasteiger partial charge >= 0.3 is 0 Å². The van der Waals surface area contributed by atoms with E-state index in [4.69, 9.17) is 4.74 Å². The van der Waals surface area contributed by atoms with Crippen molar-refractivity contribution < 1.29 is 22.7 Å². The molecule has 2 saturated heterocycles. The van der Waals surface area contributed by atoms with Crippen LogP contribution in [0, 0.1) is 0 Å². The summed E-state index contributed by atoms with van der Waals surface area (Å²) in [6.45, 7) is 0.539. The number of rotatable bonds is 6. The van der Waals surface area contributed by atoms with Gasteiger partial charge in [-0.25, -0.2) is 8.42 Å². The second kappa shape index (κ2) is 8.09. The number of likely N-dealkylation sites (tertiary alicyclic amines) is 1. The predicted octanol–water partition coefficient (Wildman–Crippen LogP) is 0.189. The molecule has 3 rings (SSSR count). The lowest BCUT2D eigenvalue weighted by Gasteiger charge is -2.32. The van der Waals surface area contributed by atoms with Gasteiger partial charge < -0.3 is 4.74 Å². The molecule has 0 radical (unpaired) electrons. The van der Waals surface area contributed by atoms with Gasteiger partial charge in [-0.1, -0.05) is 0 Å². The third kappa shape index (κ3) is 4.55. The van der Waals surface area contributed by atoms with Gasteiger partial charge in [0.2, 0.25) is 27.7 Å². The van der Waals surface area contributed by atoms with E-state index in [1.165, 1.54) is 10.5 Å². The van der Waals surface area contributed by atoms with Gasteiger partial charge in [-0.15, -0.1) is 5.10 Å². The fraction of sp³-hybridized carbons (Fsp3) is 0.625. The highest BCUT2D eigenvalue weighted by Gasteiger charge is 2.32. The SMILES string of the molecule is O=C1CCCC(=O)N1CCS(=O)(=O)N1CCCC(Oc2cccnn2)C1. The molecule has 2 aliphatic heterocycles. The lowest BCUT2D eigenvalue weighted by atomic mass is 10.1. The molecular formula is C16H22N4O5S. The summed E-state index contributed by atoms with van der Waals surface area (Å²) in [6.07, 6.45) is 3.76. The van der Waals surface area contributed by atoms with Crippen molar-refractivity contribution >= 4 is 21.8 Å². The summed E-state index contributed by atoms with van der Waals surface area (Å²) < 4.78 is 32.3. The van der Waals surface area contributed by atoms with Crippen molar-refractivity contribution in [2.45, 2.75) is 38.2 Å². The first-order valence-electron chi connectivity index (χ1n) is 8.71. The predicted molar refractivity (Wildman–Crippen MR) is 91.6 cm³/mol. The standard InChI is InChI=1S/C16H22N4O5S/c21-15-6-1-7-16(22)20(15)10-11-26(23,24)19-9-3-4-13(12-19)25-14-5-2-8-17-18-14/h2,5,8,13H,1,3-4,6-7,9-12H2. The maximum absolute atomic E-state index is 12.6. The first-order valence-corrected chi connectivity index (χ1v) is 10.3. The summed E-state index contributed by atoms with van der Waals surface area (Å²) in [5.74, 6) is -0.485. The van der Waals surface area contributed by atoms with Crippen molar-refractivity contribution in [2.24, 2.45) is 0 Å². The molecule has 26 heavy (non-hydrogen) atoms. The molecule has 9 nitrogen and oxygen atoms in total. The summed E-state index contributed by atoms with van der Waals surface area (Å²) in [7, 11) is -3.58. The van der Waals surface area contributed by atoms with Crippen LogP contribution in [-0.2, 0) is 19.6 Å². The monoisotopic (exact) mass is 382 g/mol. The number of carbonyl (C=O) groups is 2. The van der Waals surface area contributed by atoms with E-state index in [1.54, 1.807) is 12.1 Å². The van der Waals surface area contributed by atoms with Crippen LogP contribution < -0.4 is 4.74 Å². The second-order valence-corrected chi connectivity index (χ2v) is 8.50. The zero-order chi connectivity index (χ0) is 18.6. The minimum Gasteiger partial charge on any atom is -0.472 e. The van der Waals surface area contributed by atoms with Crippen LogP contribution in [0.4, 0.5) is 0 Å². The molecule has 10 heteroatoms. The Balaban J connectivity index is 1.58. The summed E-state index contributed by atoms with van der Waals surface area (Å²) in [5.41, 5.74) is 0. The smallest absolute Gasteiger partial charge is 0.233 e. The first-order chi connectivity index (χ1) is 12.5. The van der Waals surface area contributed by atoms with E-state index in [2.05, 4.69) is 10.2 Å². The number of sulfonamides is 1. The lowest BCUT2D eigenvalue weighted by Crippen LogP contribution is -2.48. The van der Waals surface area contributed by atoms with Crippen molar-refractivity contribution in [3.8, 4) is 5.88 Å². The molecule has 2 fully saturated rings. The van der Waals surface area contributed by atoms with Crippen molar-refractivity contribution in [1.29, 1.82) is 0 Å². The van der Waals surface area contributed by atoms with E-state index in [1.807, 2.05) is 0 Å². The summed E-state index contributed by atoms with van der Waals surface area (Å²) in [4.78, 5) is 24.7. The van der Waals surface area contributed by atoms with Crippen molar-refractivity contribution in [3.63, 3.8) is 0 Å².